The van der Waals surface area contributed by atoms with Gasteiger partial charge in [-0.1, -0.05) is 170 Å². The van der Waals surface area contributed by atoms with Gasteiger partial charge >= 0.3 is 0 Å². The molecule has 0 atom stereocenters. The summed E-state index contributed by atoms with van der Waals surface area (Å²) in [5.74, 6) is 0. The summed E-state index contributed by atoms with van der Waals surface area (Å²) in [5.41, 5.74) is 14.6. The Hall–Kier alpha value is -7.68. The van der Waals surface area contributed by atoms with Gasteiger partial charge in [0.2, 0.25) is 0 Å². The van der Waals surface area contributed by atoms with Crippen LogP contribution in [0.4, 0.5) is 0 Å². The SMILES string of the molecule is c1ccc2c(-c3ccc(-c4ccc(-n5c6ccccc6c6ccccc65)cc4)c4ccccc34)ccc(-c3ccc(-n4c5ccccc5c5ccccc54)cc3)c2c1. The highest BCUT2D eigenvalue weighted by molar-refractivity contribution is 6.13. The first-order valence-corrected chi connectivity index (χ1v) is 20.0. The second-order valence-corrected chi connectivity index (χ2v) is 15.2. The quantitative estimate of drug-likeness (QED) is 0.167. The van der Waals surface area contributed by atoms with Crippen molar-refractivity contribution in [2.75, 3.05) is 0 Å². The van der Waals surface area contributed by atoms with Crippen LogP contribution in [0.25, 0.3) is 110 Å². The van der Waals surface area contributed by atoms with Crippen molar-refractivity contribution in [2.24, 2.45) is 0 Å². The van der Waals surface area contributed by atoms with Gasteiger partial charge in [-0.25, -0.2) is 0 Å². The summed E-state index contributed by atoms with van der Waals surface area (Å²) in [6.45, 7) is 0. The molecule has 0 saturated heterocycles. The first-order valence-electron chi connectivity index (χ1n) is 20.0. The highest BCUT2D eigenvalue weighted by Crippen LogP contribution is 2.42. The minimum Gasteiger partial charge on any atom is -0.309 e. The lowest BCUT2D eigenvalue weighted by Crippen LogP contribution is -1.94. The van der Waals surface area contributed by atoms with Gasteiger partial charge in [0, 0.05) is 32.9 Å². The first-order chi connectivity index (χ1) is 28.8. The minimum atomic E-state index is 1.16. The van der Waals surface area contributed by atoms with Crippen LogP contribution in [-0.4, -0.2) is 9.13 Å². The molecule has 0 radical (unpaired) electrons. The molecule has 2 heterocycles. The largest absolute Gasteiger partial charge is 0.309 e. The summed E-state index contributed by atoms with van der Waals surface area (Å²) in [5, 5.41) is 10.1. The molecule has 270 valence electrons. The van der Waals surface area contributed by atoms with Gasteiger partial charge in [0.15, 0.2) is 0 Å². The van der Waals surface area contributed by atoms with E-state index in [0.29, 0.717) is 0 Å². The van der Waals surface area contributed by atoms with E-state index in [1.54, 1.807) is 0 Å². The van der Waals surface area contributed by atoms with Crippen molar-refractivity contribution in [1.29, 1.82) is 0 Å². The van der Waals surface area contributed by atoms with Crippen LogP contribution in [-0.2, 0) is 0 Å². The molecule has 12 aromatic rings. The maximum absolute atomic E-state index is 2.38. The Morgan fingerprint density at radius 3 is 0.741 bits per heavy atom. The molecule has 58 heavy (non-hydrogen) atoms. The maximum Gasteiger partial charge on any atom is 0.0541 e. The van der Waals surface area contributed by atoms with E-state index < -0.39 is 0 Å². The molecule has 2 nitrogen and oxygen atoms in total. The van der Waals surface area contributed by atoms with Crippen LogP contribution in [0.5, 0.6) is 0 Å². The van der Waals surface area contributed by atoms with E-state index in [1.807, 2.05) is 0 Å². The molecular weight excluding hydrogens is 701 g/mol. The monoisotopic (exact) mass is 736 g/mol. The molecular formula is C56H36N2. The first kappa shape index (κ1) is 32.6. The van der Waals surface area contributed by atoms with Crippen molar-refractivity contribution < 1.29 is 0 Å². The fourth-order valence-electron chi connectivity index (χ4n) is 9.55. The second-order valence-electron chi connectivity index (χ2n) is 15.2. The Morgan fingerprint density at radius 2 is 0.431 bits per heavy atom. The number of hydrogen-bond donors (Lipinski definition) is 0. The molecule has 10 aromatic carbocycles. The molecule has 0 spiro atoms. The number of rotatable bonds is 5. The van der Waals surface area contributed by atoms with E-state index in [1.165, 1.54) is 98.5 Å². The number of nitrogens with zero attached hydrogens (tertiary/aromatic N) is 2. The number of fused-ring (bicyclic) bond motifs is 8. The van der Waals surface area contributed by atoms with Gasteiger partial charge in [-0.05, 0) is 103 Å². The molecule has 0 N–H and O–H groups in total. The number of hydrogen-bond acceptors (Lipinski definition) is 0. The summed E-state index contributed by atoms with van der Waals surface area (Å²) in [7, 11) is 0. The minimum absolute atomic E-state index is 1.16. The summed E-state index contributed by atoms with van der Waals surface area (Å²) in [6, 6.07) is 79.9. The molecule has 2 heteroatoms. The molecule has 0 fully saturated rings. The Labute approximate surface area is 336 Å². The lowest BCUT2D eigenvalue weighted by Gasteiger charge is -2.16. The van der Waals surface area contributed by atoms with Crippen molar-refractivity contribution in [1.82, 2.24) is 9.13 Å². The van der Waals surface area contributed by atoms with E-state index in [4.69, 9.17) is 0 Å². The van der Waals surface area contributed by atoms with Gasteiger partial charge < -0.3 is 9.13 Å². The normalized spacial score (nSPS) is 11.8. The lowest BCUT2D eigenvalue weighted by molar-refractivity contribution is 1.18. The maximum atomic E-state index is 2.38. The van der Waals surface area contributed by atoms with E-state index >= 15 is 0 Å². The third-order valence-corrected chi connectivity index (χ3v) is 12.2. The average molecular weight is 737 g/mol. The van der Waals surface area contributed by atoms with Crippen molar-refractivity contribution in [2.45, 2.75) is 0 Å². The zero-order valence-corrected chi connectivity index (χ0v) is 31.7. The second kappa shape index (κ2) is 12.9. The van der Waals surface area contributed by atoms with E-state index in [2.05, 4.69) is 228 Å². The molecule has 12 rings (SSSR count). The standard InChI is InChI=1S/C56H36N2/c1-3-15-45-43(13-1)41(37-25-29-39(30-26-37)57-53-21-9-5-17-49(53)50-18-6-10-22-54(50)57)33-35-47(45)48-36-34-42(44-14-2-4-16-46(44)48)38-27-31-40(32-28-38)58-55-23-11-7-19-51(55)52-20-8-12-24-56(52)58/h1-36H. The highest BCUT2D eigenvalue weighted by atomic mass is 15.0. The van der Waals surface area contributed by atoms with E-state index in [9.17, 15) is 0 Å². The smallest absolute Gasteiger partial charge is 0.0541 e. The predicted octanol–water partition coefficient (Wildman–Crippen LogP) is 15.2. The molecule has 2 aromatic heterocycles. The van der Waals surface area contributed by atoms with Gasteiger partial charge in [0.25, 0.3) is 0 Å². The number of para-hydroxylation sites is 4. The highest BCUT2D eigenvalue weighted by Gasteiger charge is 2.17. The Balaban J connectivity index is 0.931. The van der Waals surface area contributed by atoms with Crippen LogP contribution in [0.15, 0.2) is 218 Å². The van der Waals surface area contributed by atoms with Crippen LogP contribution in [0.3, 0.4) is 0 Å². The van der Waals surface area contributed by atoms with Crippen molar-refractivity contribution in [3.8, 4) is 44.8 Å². The van der Waals surface area contributed by atoms with Gasteiger partial charge in [0.1, 0.15) is 0 Å². The van der Waals surface area contributed by atoms with Gasteiger partial charge in [0.05, 0.1) is 22.1 Å². The predicted molar refractivity (Wildman–Crippen MR) is 246 cm³/mol. The topological polar surface area (TPSA) is 9.86 Å². The van der Waals surface area contributed by atoms with Crippen molar-refractivity contribution >= 4 is 65.2 Å². The van der Waals surface area contributed by atoms with Crippen LogP contribution in [0.2, 0.25) is 0 Å². The third kappa shape index (κ3) is 4.92. The number of aromatic nitrogens is 2. The fraction of sp³-hybridized carbons (Fsp3) is 0. The van der Waals surface area contributed by atoms with Gasteiger partial charge in [-0.3, -0.25) is 0 Å². The molecule has 0 aliphatic carbocycles. The van der Waals surface area contributed by atoms with Crippen LogP contribution in [0.1, 0.15) is 0 Å². The van der Waals surface area contributed by atoms with E-state index in [-0.39, 0.29) is 0 Å². The zero-order valence-electron chi connectivity index (χ0n) is 31.7. The van der Waals surface area contributed by atoms with Gasteiger partial charge in [-0.15, -0.1) is 0 Å². The summed E-state index contributed by atoms with van der Waals surface area (Å²) >= 11 is 0. The average Bonchev–Trinajstić information content (AvgIpc) is 3.82. The molecule has 0 amide bonds. The van der Waals surface area contributed by atoms with Crippen molar-refractivity contribution in [3.63, 3.8) is 0 Å². The Kier molecular flexibility index (Phi) is 7.26. The van der Waals surface area contributed by atoms with E-state index in [0.717, 1.165) is 11.4 Å². The summed E-state index contributed by atoms with van der Waals surface area (Å²) in [4.78, 5) is 0. The molecule has 0 aliphatic rings. The zero-order chi connectivity index (χ0) is 38.2. The van der Waals surface area contributed by atoms with Crippen molar-refractivity contribution in [3.05, 3.63) is 218 Å². The summed E-state index contributed by atoms with van der Waals surface area (Å²) in [6.07, 6.45) is 0. The Morgan fingerprint density at radius 1 is 0.190 bits per heavy atom. The fourth-order valence-corrected chi connectivity index (χ4v) is 9.55. The Bertz CT molecular complexity index is 3200. The number of benzene rings is 10. The lowest BCUT2D eigenvalue weighted by atomic mass is 9.88. The van der Waals surface area contributed by atoms with Crippen LogP contribution >= 0.6 is 0 Å². The molecule has 0 aliphatic heterocycles. The molecule has 0 bridgehead atoms. The molecule has 0 unspecified atom stereocenters. The van der Waals surface area contributed by atoms with Crippen LogP contribution in [0, 0.1) is 0 Å². The van der Waals surface area contributed by atoms with Crippen LogP contribution < -0.4 is 0 Å². The molecule has 0 saturated carbocycles. The summed E-state index contributed by atoms with van der Waals surface area (Å²) < 4.78 is 4.76. The van der Waals surface area contributed by atoms with Gasteiger partial charge in [-0.2, -0.15) is 0 Å². The third-order valence-electron chi connectivity index (χ3n) is 12.2.